The molecule has 2 aliphatic heterocycles. The van der Waals surface area contributed by atoms with Crippen LogP contribution in [0.15, 0.2) is 47.6 Å². The van der Waals surface area contributed by atoms with Gasteiger partial charge in [-0.1, -0.05) is 24.3 Å². The number of rotatable bonds is 6. The van der Waals surface area contributed by atoms with Crippen molar-refractivity contribution in [2.45, 2.75) is 38.8 Å². The van der Waals surface area contributed by atoms with E-state index in [-0.39, 0.29) is 41.9 Å². The first-order chi connectivity index (χ1) is 15.6. The molecule has 1 fully saturated rings. The zero-order valence-corrected chi connectivity index (χ0v) is 21.5. The highest BCUT2D eigenvalue weighted by Crippen LogP contribution is 2.31. The number of carbonyl (C=O) groups excluding carboxylic acids is 1. The molecule has 1 amide bonds. The van der Waals surface area contributed by atoms with Gasteiger partial charge in [0.2, 0.25) is 5.91 Å². The summed E-state index contributed by atoms with van der Waals surface area (Å²) in [5.74, 6) is 1.88. The minimum Gasteiger partial charge on any atom is -0.375 e. The topological polar surface area (TPSA) is 90.9 Å². The normalized spacial score (nSPS) is 20.4. The molecule has 9 heteroatoms. The van der Waals surface area contributed by atoms with Crippen LogP contribution in [0.25, 0.3) is 0 Å². The Morgan fingerprint density at radius 2 is 2.12 bits per heavy atom. The number of nitrogens with zero attached hydrogens (tertiary/aromatic N) is 3. The van der Waals surface area contributed by atoms with Crippen molar-refractivity contribution in [3.8, 4) is 0 Å². The number of anilines is 2. The summed E-state index contributed by atoms with van der Waals surface area (Å²) in [4.78, 5) is 23.7. The molecule has 1 aromatic carbocycles. The number of benzene rings is 1. The van der Waals surface area contributed by atoms with Gasteiger partial charge in [-0.3, -0.25) is 4.79 Å². The lowest BCUT2D eigenvalue weighted by Crippen LogP contribution is -2.41. The van der Waals surface area contributed by atoms with Gasteiger partial charge < -0.3 is 25.6 Å². The number of fused-ring (bicyclic) bond motifs is 1. The summed E-state index contributed by atoms with van der Waals surface area (Å²) in [7, 11) is 0. The third-order valence-corrected chi connectivity index (χ3v) is 5.76. The fraction of sp³-hybridized carbons (Fsp3) is 0.458. The Hall–Kier alpha value is -2.40. The maximum absolute atomic E-state index is 12.1. The average Bonchev–Trinajstić information content (AvgIpc) is 2.81. The number of guanidine groups is 1. The molecular weight excluding hydrogens is 531 g/mol. The Balaban J connectivity index is 0.00000306. The van der Waals surface area contributed by atoms with Crippen LogP contribution >= 0.6 is 24.0 Å². The van der Waals surface area contributed by atoms with Gasteiger partial charge in [-0.15, -0.1) is 24.0 Å². The molecule has 0 aliphatic carbocycles. The summed E-state index contributed by atoms with van der Waals surface area (Å²) >= 11 is 0. The van der Waals surface area contributed by atoms with Gasteiger partial charge in [-0.2, -0.15) is 0 Å². The van der Waals surface area contributed by atoms with Crippen molar-refractivity contribution in [2.75, 3.05) is 43.0 Å². The number of hydrogen-bond acceptors (Lipinski definition) is 5. The Labute approximate surface area is 212 Å². The number of para-hydroxylation sites is 1. The van der Waals surface area contributed by atoms with E-state index in [1.807, 2.05) is 31.3 Å². The number of nitrogens with one attached hydrogen (secondary N) is 3. The van der Waals surface area contributed by atoms with Crippen LogP contribution in [0.4, 0.5) is 11.5 Å². The molecule has 8 nitrogen and oxygen atoms in total. The smallest absolute Gasteiger partial charge is 0.225 e. The molecule has 0 spiro atoms. The first-order valence-electron chi connectivity index (χ1n) is 11.3. The van der Waals surface area contributed by atoms with Gasteiger partial charge in [0.05, 0.1) is 19.3 Å². The average molecular weight is 564 g/mol. The quantitative estimate of drug-likeness (QED) is 0.284. The van der Waals surface area contributed by atoms with Crippen LogP contribution in [0.3, 0.4) is 0 Å². The van der Waals surface area contributed by atoms with E-state index in [4.69, 9.17) is 9.73 Å². The maximum atomic E-state index is 12.1. The molecular formula is C24H33IN6O2. The van der Waals surface area contributed by atoms with Crippen LogP contribution in [0.5, 0.6) is 0 Å². The number of aromatic nitrogens is 1. The maximum Gasteiger partial charge on any atom is 0.225 e. The minimum atomic E-state index is 0. The van der Waals surface area contributed by atoms with Crippen molar-refractivity contribution in [3.05, 3.63) is 53.7 Å². The SMILES string of the molecule is CCNC(=NCc1ccc(N2CCOC(C)C2)nc1)NCC1CC(=O)Nc2ccccc21.I. The molecule has 2 aliphatic rings. The lowest BCUT2D eigenvalue weighted by Gasteiger charge is -2.32. The first kappa shape index (κ1) is 25.2. The van der Waals surface area contributed by atoms with Crippen molar-refractivity contribution in [1.29, 1.82) is 0 Å². The van der Waals surface area contributed by atoms with E-state index in [1.165, 1.54) is 0 Å². The fourth-order valence-electron chi connectivity index (χ4n) is 4.14. The second kappa shape index (κ2) is 12.2. The van der Waals surface area contributed by atoms with Gasteiger partial charge in [0.15, 0.2) is 5.96 Å². The number of hydrogen-bond donors (Lipinski definition) is 3. The number of aliphatic imine (C=N–C) groups is 1. The van der Waals surface area contributed by atoms with Crippen molar-refractivity contribution in [2.24, 2.45) is 4.99 Å². The van der Waals surface area contributed by atoms with Crippen molar-refractivity contribution < 1.29 is 9.53 Å². The van der Waals surface area contributed by atoms with E-state index in [0.29, 0.717) is 19.5 Å². The van der Waals surface area contributed by atoms with E-state index in [9.17, 15) is 4.79 Å². The third kappa shape index (κ3) is 6.80. The Kier molecular flexibility index (Phi) is 9.30. The third-order valence-electron chi connectivity index (χ3n) is 5.76. The number of halogens is 1. The standard InChI is InChI=1S/C24H32N6O2.HI/c1-3-25-24(28-15-19-12-23(31)29-21-7-5-4-6-20(19)21)27-14-18-8-9-22(26-13-18)30-10-11-32-17(2)16-30;/h4-9,13,17,19H,3,10-12,14-16H2,1-2H3,(H,29,31)(H2,25,27,28);1H. The van der Waals surface area contributed by atoms with E-state index in [2.05, 4.69) is 51.0 Å². The Morgan fingerprint density at radius 3 is 2.88 bits per heavy atom. The monoisotopic (exact) mass is 564 g/mol. The number of pyridine rings is 1. The van der Waals surface area contributed by atoms with Gasteiger partial charge in [-0.25, -0.2) is 9.98 Å². The molecule has 178 valence electrons. The largest absolute Gasteiger partial charge is 0.375 e. The van der Waals surface area contributed by atoms with Crippen molar-refractivity contribution in [1.82, 2.24) is 15.6 Å². The zero-order valence-electron chi connectivity index (χ0n) is 19.2. The molecule has 0 radical (unpaired) electrons. The van der Waals surface area contributed by atoms with Crippen LogP contribution in [0, 0.1) is 0 Å². The van der Waals surface area contributed by atoms with Crippen molar-refractivity contribution >= 4 is 47.3 Å². The Morgan fingerprint density at radius 1 is 1.27 bits per heavy atom. The molecule has 0 bridgehead atoms. The molecule has 2 aromatic rings. The second-order valence-corrected chi connectivity index (χ2v) is 8.26. The summed E-state index contributed by atoms with van der Waals surface area (Å²) in [5.41, 5.74) is 3.11. The molecule has 1 aromatic heterocycles. The van der Waals surface area contributed by atoms with E-state index >= 15 is 0 Å². The van der Waals surface area contributed by atoms with Crippen LogP contribution < -0.4 is 20.9 Å². The van der Waals surface area contributed by atoms with E-state index < -0.39 is 0 Å². The molecule has 4 rings (SSSR count). The first-order valence-corrected chi connectivity index (χ1v) is 11.3. The number of ether oxygens (including phenoxy) is 1. The van der Waals surface area contributed by atoms with E-state index in [1.54, 1.807) is 0 Å². The molecule has 3 N–H and O–H groups in total. The second-order valence-electron chi connectivity index (χ2n) is 8.26. The van der Waals surface area contributed by atoms with Crippen LogP contribution in [0.2, 0.25) is 0 Å². The molecule has 33 heavy (non-hydrogen) atoms. The number of morpholine rings is 1. The van der Waals surface area contributed by atoms with Crippen LogP contribution in [-0.4, -0.2) is 55.7 Å². The van der Waals surface area contributed by atoms with Crippen LogP contribution in [0.1, 0.15) is 37.3 Å². The summed E-state index contributed by atoms with van der Waals surface area (Å²) in [5, 5.41) is 9.65. The lowest BCUT2D eigenvalue weighted by molar-refractivity contribution is -0.116. The fourth-order valence-corrected chi connectivity index (χ4v) is 4.14. The zero-order chi connectivity index (χ0) is 22.3. The van der Waals surface area contributed by atoms with Gasteiger partial charge in [0.25, 0.3) is 0 Å². The summed E-state index contributed by atoms with van der Waals surface area (Å²) in [6.45, 7) is 8.53. The molecule has 3 heterocycles. The highest BCUT2D eigenvalue weighted by Gasteiger charge is 2.24. The van der Waals surface area contributed by atoms with E-state index in [0.717, 1.165) is 54.8 Å². The highest BCUT2D eigenvalue weighted by atomic mass is 127. The molecule has 2 atom stereocenters. The van der Waals surface area contributed by atoms with Gasteiger partial charge >= 0.3 is 0 Å². The molecule has 1 saturated heterocycles. The lowest BCUT2D eigenvalue weighted by atomic mass is 9.90. The van der Waals surface area contributed by atoms with Crippen molar-refractivity contribution in [3.63, 3.8) is 0 Å². The molecule has 0 saturated carbocycles. The van der Waals surface area contributed by atoms with Crippen LogP contribution in [-0.2, 0) is 16.1 Å². The Bertz CT molecular complexity index is 952. The molecule has 2 unspecified atom stereocenters. The summed E-state index contributed by atoms with van der Waals surface area (Å²) < 4.78 is 5.61. The summed E-state index contributed by atoms with van der Waals surface area (Å²) in [6.07, 6.45) is 2.59. The predicted octanol–water partition coefficient (Wildman–Crippen LogP) is 3.11. The summed E-state index contributed by atoms with van der Waals surface area (Å²) in [6, 6.07) is 12.1. The van der Waals surface area contributed by atoms with Gasteiger partial charge in [0.1, 0.15) is 5.82 Å². The predicted molar refractivity (Wildman–Crippen MR) is 143 cm³/mol. The highest BCUT2D eigenvalue weighted by molar-refractivity contribution is 14.0. The van der Waals surface area contributed by atoms with Gasteiger partial charge in [0, 0.05) is 50.4 Å². The number of carbonyl (C=O) groups is 1. The number of amides is 1. The minimum absolute atomic E-state index is 0. The van der Waals surface area contributed by atoms with Gasteiger partial charge in [-0.05, 0) is 37.1 Å².